The zero-order chi connectivity index (χ0) is 28.5. The smallest absolute Gasteiger partial charge is 0.415 e. The summed E-state index contributed by atoms with van der Waals surface area (Å²) in [5.74, 6) is -4.59. The molecule has 1 aromatic heterocycles. The lowest BCUT2D eigenvalue weighted by Gasteiger charge is -2.27. The summed E-state index contributed by atoms with van der Waals surface area (Å²) in [7, 11) is 0. The number of hydrogen-bond acceptors (Lipinski definition) is 9. The summed E-state index contributed by atoms with van der Waals surface area (Å²) in [6, 6.07) is 7.22. The zero-order valence-electron chi connectivity index (χ0n) is 20.5. The molecule has 2 aromatic rings. The topological polar surface area (TPSA) is 239 Å². The number of guanidine groups is 1. The molecule has 39 heavy (non-hydrogen) atoms. The standard InChI is InChI=1S/C23H26N8O8/c24-22(25)28-17(32)7-4-8-30-9-10-31-16(19(30)34)11-14(29-31)18(33)26-12-15(20(35)36)27-23(38)39-21(37)13-5-2-1-3-6-13/h1-3,5-6,11,15H,4,7-10,12H2,(H,26,33)(H,27,38)(H,35,36)(H4,24,25,28,32)/t15-/m0/s1. The van der Waals surface area contributed by atoms with Crippen LogP contribution in [0.2, 0.25) is 0 Å². The zero-order valence-corrected chi connectivity index (χ0v) is 20.5. The Kier molecular flexibility index (Phi) is 9.28. The number of alkyl carbamates (subject to hydrolysis) is 1. The van der Waals surface area contributed by atoms with Gasteiger partial charge in [-0.3, -0.25) is 29.8 Å². The van der Waals surface area contributed by atoms with Crippen LogP contribution in [0.1, 0.15) is 44.2 Å². The predicted molar refractivity (Wildman–Crippen MR) is 132 cm³/mol. The fourth-order valence-corrected chi connectivity index (χ4v) is 3.58. The number of ether oxygens (including phenoxy) is 1. The minimum atomic E-state index is -1.63. The van der Waals surface area contributed by atoms with Crippen LogP contribution in [-0.4, -0.2) is 87.2 Å². The molecule has 0 radical (unpaired) electrons. The molecular weight excluding hydrogens is 516 g/mol. The number of nitrogens with two attached hydrogens (primary N) is 1. The first kappa shape index (κ1) is 28.3. The van der Waals surface area contributed by atoms with Gasteiger partial charge in [0.15, 0.2) is 11.7 Å². The van der Waals surface area contributed by atoms with Crippen LogP contribution in [0.15, 0.2) is 36.4 Å². The molecule has 206 valence electrons. The van der Waals surface area contributed by atoms with E-state index in [1.54, 1.807) is 18.2 Å². The van der Waals surface area contributed by atoms with Crippen molar-refractivity contribution in [1.29, 1.82) is 5.41 Å². The summed E-state index contributed by atoms with van der Waals surface area (Å²) in [5.41, 5.74) is 5.17. The molecule has 0 saturated carbocycles. The highest BCUT2D eigenvalue weighted by Crippen LogP contribution is 2.15. The number of rotatable bonds is 10. The van der Waals surface area contributed by atoms with Gasteiger partial charge in [-0.2, -0.15) is 5.10 Å². The summed E-state index contributed by atoms with van der Waals surface area (Å²) in [4.78, 5) is 73.9. The van der Waals surface area contributed by atoms with Gasteiger partial charge in [0.1, 0.15) is 11.7 Å². The van der Waals surface area contributed by atoms with Crippen molar-refractivity contribution in [2.45, 2.75) is 25.4 Å². The highest BCUT2D eigenvalue weighted by molar-refractivity contribution is 5.99. The third-order valence-electron chi connectivity index (χ3n) is 5.46. The normalized spacial score (nSPS) is 13.0. The predicted octanol–water partition coefficient (Wildman–Crippen LogP) is -1.12. The number of esters is 1. The summed E-state index contributed by atoms with van der Waals surface area (Å²) in [5, 5.41) is 27.0. The van der Waals surface area contributed by atoms with Gasteiger partial charge in [0.05, 0.1) is 12.1 Å². The molecule has 7 N–H and O–H groups in total. The van der Waals surface area contributed by atoms with Crippen LogP contribution in [0.25, 0.3) is 0 Å². The van der Waals surface area contributed by atoms with Crippen molar-refractivity contribution >= 4 is 41.7 Å². The summed E-state index contributed by atoms with van der Waals surface area (Å²) in [6.45, 7) is 0.269. The van der Waals surface area contributed by atoms with Crippen LogP contribution in [0.5, 0.6) is 0 Å². The van der Waals surface area contributed by atoms with Gasteiger partial charge >= 0.3 is 18.0 Å². The number of hydrogen-bond donors (Lipinski definition) is 6. The first-order valence-electron chi connectivity index (χ1n) is 11.6. The van der Waals surface area contributed by atoms with Gasteiger partial charge in [-0.15, -0.1) is 0 Å². The van der Waals surface area contributed by atoms with E-state index in [0.717, 1.165) is 0 Å². The number of carbonyl (C=O) groups excluding carboxylic acids is 5. The Hall–Kier alpha value is -5.28. The SMILES string of the molecule is N=C(N)NC(=O)CCCN1CCn2nc(C(=O)NC[C@H](NC(=O)OC(=O)c3ccccc3)C(=O)O)cc2C1=O. The lowest BCUT2D eigenvalue weighted by atomic mass is 10.2. The number of aromatic nitrogens is 2. The van der Waals surface area contributed by atoms with Crippen LogP contribution in [0.4, 0.5) is 4.79 Å². The third kappa shape index (κ3) is 7.85. The number of carboxylic acids is 1. The Bertz CT molecular complexity index is 1290. The molecule has 4 amide bonds. The molecule has 2 heterocycles. The molecule has 0 saturated heterocycles. The molecule has 16 nitrogen and oxygen atoms in total. The molecular formula is C23H26N8O8. The highest BCUT2D eigenvalue weighted by Gasteiger charge is 2.29. The van der Waals surface area contributed by atoms with E-state index in [4.69, 9.17) is 11.1 Å². The molecule has 16 heteroatoms. The Morgan fingerprint density at radius 2 is 1.87 bits per heavy atom. The first-order chi connectivity index (χ1) is 18.5. The molecule has 0 fully saturated rings. The maximum absolute atomic E-state index is 12.8. The molecule has 0 bridgehead atoms. The van der Waals surface area contributed by atoms with Crippen molar-refractivity contribution < 1.29 is 38.6 Å². The molecule has 1 aromatic carbocycles. The number of nitrogens with zero attached hydrogens (tertiary/aromatic N) is 3. The number of amides is 4. The van der Waals surface area contributed by atoms with Crippen LogP contribution in [0.3, 0.4) is 0 Å². The van der Waals surface area contributed by atoms with Crippen molar-refractivity contribution in [1.82, 2.24) is 30.6 Å². The van der Waals surface area contributed by atoms with Gasteiger partial charge in [-0.25, -0.2) is 14.4 Å². The highest BCUT2D eigenvalue weighted by atomic mass is 16.6. The second-order valence-electron chi connectivity index (χ2n) is 8.28. The van der Waals surface area contributed by atoms with Crippen molar-refractivity contribution in [3.8, 4) is 0 Å². The van der Waals surface area contributed by atoms with E-state index >= 15 is 0 Å². The van der Waals surface area contributed by atoms with E-state index in [2.05, 4.69) is 20.5 Å². The monoisotopic (exact) mass is 542 g/mol. The second kappa shape index (κ2) is 12.8. The molecule has 0 aliphatic carbocycles. The fourth-order valence-electron chi connectivity index (χ4n) is 3.58. The quantitative estimate of drug-likeness (QED) is 0.0914. The van der Waals surface area contributed by atoms with E-state index in [1.165, 1.54) is 27.8 Å². The van der Waals surface area contributed by atoms with Crippen molar-refractivity contribution in [2.75, 3.05) is 19.6 Å². The van der Waals surface area contributed by atoms with E-state index < -0.39 is 54.3 Å². The third-order valence-corrected chi connectivity index (χ3v) is 5.46. The Morgan fingerprint density at radius 3 is 2.54 bits per heavy atom. The largest absolute Gasteiger partial charge is 0.480 e. The fraction of sp³-hybridized carbons (Fsp3) is 0.304. The second-order valence-corrected chi connectivity index (χ2v) is 8.28. The lowest BCUT2D eigenvalue weighted by Crippen LogP contribution is -2.49. The minimum Gasteiger partial charge on any atom is -0.480 e. The van der Waals surface area contributed by atoms with E-state index in [0.29, 0.717) is 6.42 Å². The average molecular weight is 543 g/mol. The van der Waals surface area contributed by atoms with Gasteiger partial charge in [0, 0.05) is 32.1 Å². The molecule has 1 atom stereocenters. The number of carboxylic acid groups (broad SMARTS) is 1. The maximum Gasteiger partial charge on any atom is 0.415 e. The van der Waals surface area contributed by atoms with Crippen LogP contribution in [0, 0.1) is 5.41 Å². The van der Waals surface area contributed by atoms with Crippen molar-refractivity contribution in [3.63, 3.8) is 0 Å². The van der Waals surface area contributed by atoms with Crippen molar-refractivity contribution in [2.24, 2.45) is 5.73 Å². The average Bonchev–Trinajstić information content (AvgIpc) is 3.33. The van der Waals surface area contributed by atoms with E-state index in [-0.39, 0.29) is 43.0 Å². The minimum absolute atomic E-state index is 0.0585. The van der Waals surface area contributed by atoms with Crippen LogP contribution < -0.4 is 21.7 Å². The Labute approximate surface area is 221 Å². The van der Waals surface area contributed by atoms with E-state index in [9.17, 15) is 33.9 Å². The molecule has 1 aliphatic heterocycles. The summed E-state index contributed by atoms with van der Waals surface area (Å²) in [6.07, 6.45) is -0.925. The van der Waals surface area contributed by atoms with Gasteiger partial charge < -0.3 is 31.1 Å². The maximum atomic E-state index is 12.8. The van der Waals surface area contributed by atoms with Gasteiger partial charge in [0.2, 0.25) is 5.91 Å². The Morgan fingerprint density at radius 1 is 1.15 bits per heavy atom. The molecule has 0 unspecified atom stereocenters. The van der Waals surface area contributed by atoms with E-state index in [1.807, 2.05) is 5.32 Å². The number of fused-ring (bicyclic) bond motifs is 1. The summed E-state index contributed by atoms with van der Waals surface area (Å²) < 4.78 is 5.93. The molecule has 1 aliphatic rings. The lowest BCUT2D eigenvalue weighted by molar-refractivity contribution is -0.139. The molecule has 0 spiro atoms. The number of carbonyl (C=O) groups is 6. The van der Waals surface area contributed by atoms with Gasteiger partial charge in [0.25, 0.3) is 11.8 Å². The first-order valence-corrected chi connectivity index (χ1v) is 11.6. The van der Waals surface area contributed by atoms with Gasteiger partial charge in [-0.1, -0.05) is 18.2 Å². The summed E-state index contributed by atoms with van der Waals surface area (Å²) >= 11 is 0. The van der Waals surface area contributed by atoms with Crippen LogP contribution in [-0.2, 0) is 20.9 Å². The van der Waals surface area contributed by atoms with Gasteiger partial charge in [-0.05, 0) is 18.6 Å². The van der Waals surface area contributed by atoms with Crippen LogP contribution >= 0.6 is 0 Å². The Balaban J connectivity index is 1.52. The number of aliphatic carboxylic acids is 1. The van der Waals surface area contributed by atoms with Crippen molar-refractivity contribution in [3.05, 3.63) is 53.3 Å². The molecule has 3 rings (SSSR count). The number of nitrogens with one attached hydrogen (secondary N) is 4. The number of benzene rings is 1.